The number of carbonyl (C=O) groups is 1. The maximum atomic E-state index is 12.8. The van der Waals surface area contributed by atoms with Crippen LogP contribution in [0.5, 0.6) is 0 Å². The van der Waals surface area contributed by atoms with E-state index < -0.39 is 0 Å². The molecule has 4 N–H and O–H groups in total. The van der Waals surface area contributed by atoms with Gasteiger partial charge in [0.2, 0.25) is 0 Å². The standard InChI is InChI=1S/C23H25N5O/c29-23(19-5-2-6-21-20(19)14-26-28-21)25-12-16-7-8-17-10-18(27-22(17)9-16)13-24-11-15-3-1-4-15/h2,5-10,14-15,24,27H,1,3-4,11-13H2,(H,25,29)(H,26,28)/i/hD. The van der Waals surface area contributed by atoms with Crippen LogP contribution in [0.3, 0.4) is 0 Å². The fourth-order valence-electron chi connectivity index (χ4n) is 3.94. The summed E-state index contributed by atoms with van der Waals surface area (Å²) >= 11 is 0. The normalized spacial score (nSPS) is 14.8. The molecule has 4 aromatic rings. The largest absolute Gasteiger partial charge is 0.357 e. The molecule has 5 rings (SSSR count). The number of aromatic nitrogens is 3. The Hall–Kier alpha value is -3.12. The Morgan fingerprint density at radius 1 is 1.17 bits per heavy atom. The van der Waals surface area contributed by atoms with Gasteiger partial charge in [-0.1, -0.05) is 24.6 Å². The lowest BCUT2D eigenvalue weighted by atomic mass is 9.85. The first-order chi connectivity index (χ1) is 14.7. The molecular weight excluding hydrogens is 362 g/mol. The van der Waals surface area contributed by atoms with Crippen molar-refractivity contribution in [2.75, 3.05) is 6.54 Å². The molecule has 0 bridgehead atoms. The Morgan fingerprint density at radius 3 is 2.97 bits per heavy atom. The predicted molar refractivity (Wildman–Crippen MR) is 115 cm³/mol. The minimum absolute atomic E-state index is 0.220. The van der Waals surface area contributed by atoms with Crippen LogP contribution in [0.1, 0.15) is 40.9 Å². The van der Waals surface area contributed by atoms with Crippen LogP contribution >= 0.6 is 0 Å². The highest BCUT2D eigenvalue weighted by atomic mass is 16.1. The van der Waals surface area contributed by atoms with E-state index in [1.165, 1.54) is 19.3 Å². The van der Waals surface area contributed by atoms with Gasteiger partial charge in [0.05, 0.1) is 17.3 Å². The average molecular weight is 388 g/mol. The number of nitrogens with one attached hydrogen (secondary N) is 4. The Morgan fingerprint density at radius 2 is 2.10 bits per heavy atom. The topological polar surface area (TPSA) is 85.6 Å². The molecular formula is C23H25N5O. The quantitative estimate of drug-likeness (QED) is 0.388. The van der Waals surface area contributed by atoms with Gasteiger partial charge in [-0.2, -0.15) is 5.10 Å². The second-order valence-corrected chi connectivity index (χ2v) is 7.90. The van der Waals surface area contributed by atoms with Gasteiger partial charge < -0.3 is 15.6 Å². The molecule has 0 saturated heterocycles. The van der Waals surface area contributed by atoms with Crippen molar-refractivity contribution >= 4 is 27.7 Å². The summed E-state index contributed by atoms with van der Waals surface area (Å²) in [5.74, 6) is 0.504. The predicted octanol–water partition coefficient (Wildman–Crippen LogP) is 3.86. The van der Waals surface area contributed by atoms with Gasteiger partial charge in [-0.15, -0.1) is 0 Å². The fraction of sp³-hybridized carbons (Fsp3) is 0.304. The molecule has 1 aliphatic carbocycles. The summed E-state index contributed by atoms with van der Waals surface area (Å²) in [6, 6.07) is 13.6. The number of rotatable bonds is 7. The number of H-pyrrole nitrogens is 2. The van der Waals surface area contributed by atoms with Crippen LogP contribution in [0.4, 0.5) is 0 Å². The van der Waals surface area contributed by atoms with E-state index in [-0.39, 0.29) is 12.5 Å². The molecule has 148 valence electrons. The van der Waals surface area contributed by atoms with Crippen LogP contribution in [-0.2, 0) is 13.1 Å². The molecule has 0 radical (unpaired) electrons. The minimum atomic E-state index is -0.338. The number of amides is 1. The van der Waals surface area contributed by atoms with Crippen molar-refractivity contribution in [3.63, 3.8) is 0 Å². The summed E-state index contributed by atoms with van der Waals surface area (Å²) in [5, 5.41) is 13.3. The molecule has 0 unspecified atom stereocenters. The molecule has 29 heavy (non-hydrogen) atoms. The molecule has 6 nitrogen and oxygen atoms in total. The third-order valence-corrected chi connectivity index (χ3v) is 5.84. The molecule has 1 fully saturated rings. The Labute approximate surface area is 170 Å². The van der Waals surface area contributed by atoms with Crippen molar-refractivity contribution in [1.29, 1.82) is 0 Å². The molecule has 0 spiro atoms. The molecule has 0 aliphatic heterocycles. The van der Waals surface area contributed by atoms with E-state index in [0.717, 1.165) is 57.4 Å². The van der Waals surface area contributed by atoms with Gasteiger partial charge in [0.15, 0.2) is 1.41 Å². The number of aromatic amines is 2. The Kier molecular flexibility index (Phi) is 4.47. The molecule has 1 saturated carbocycles. The number of carbonyl (C=O) groups excluding carboxylic acids is 1. The monoisotopic (exact) mass is 388 g/mol. The number of hydrogen-bond acceptors (Lipinski definition) is 3. The van der Waals surface area contributed by atoms with E-state index >= 15 is 0 Å². The summed E-state index contributed by atoms with van der Waals surface area (Å²) in [5.41, 5.74) is 4.39. The lowest BCUT2D eigenvalue weighted by Crippen LogP contribution is -2.26. The number of hydrogen-bond donors (Lipinski definition) is 4. The average Bonchev–Trinajstić information content (AvgIpc) is 3.35. The lowest BCUT2D eigenvalue weighted by Gasteiger charge is -2.25. The first kappa shape index (κ1) is 16.8. The summed E-state index contributed by atoms with van der Waals surface area (Å²) in [6.45, 7) is 2.13. The second kappa shape index (κ2) is 7.72. The second-order valence-electron chi connectivity index (χ2n) is 7.90. The first-order valence-corrected chi connectivity index (χ1v) is 10.2. The van der Waals surface area contributed by atoms with E-state index in [0.29, 0.717) is 5.56 Å². The molecule has 2 heterocycles. The SMILES string of the molecule is [2H]N(Cc1ccc2cc(CNCC3CCC3)[nH]c2c1)C(=O)c1cccc2[nH]ncc12. The van der Waals surface area contributed by atoms with Crippen molar-refractivity contribution in [3.05, 3.63) is 65.5 Å². The minimum Gasteiger partial charge on any atom is -0.357 e. The summed E-state index contributed by atoms with van der Waals surface area (Å²) in [6.07, 6.45) is 5.69. The van der Waals surface area contributed by atoms with Gasteiger partial charge in [0.25, 0.3) is 5.91 Å². The number of fused-ring (bicyclic) bond motifs is 2. The van der Waals surface area contributed by atoms with Crippen molar-refractivity contribution in [1.82, 2.24) is 25.8 Å². The van der Waals surface area contributed by atoms with Gasteiger partial charge in [-0.3, -0.25) is 9.89 Å². The van der Waals surface area contributed by atoms with Crippen LogP contribution in [0.2, 0.25) is 1.41 Å². The highest BCUT2D eigenvalue weighted by Gasteiger charge is 2.16. The third-order valence-electron chi connectivity index (χ3n) is 5.84. The summed E-state index contributed by atoms with van der Waals surface area (Å²) in [7, 11) is 0. The smallest absolute Gasteiger partial charge is 0.252 e. The highest BCUT2D eigenvalue weighted by Crippen LogP contribution is 2.25. The molecule has 2 aromatic carbocycles. The van der Waals surface area contributed by atoms with Crippen molar-refractivity contribution in [2.45, 2.75) is 32.4 Å². The van der Waals surface area contributed by atoms with Crippen LogP contribution in [0.15, 0.2) is 48.7 Å². The maximum Gasteiger partial charge on any atom is 0.252 e. The van der Waals surface area contributed by atoms with E-state index in [2.05, 4.69) is 26.6 Å². The van der Waals surface area contributed by atoms with E-state index in [9.17, 15) is 4.79 Å². The van der Waals surface area contributed by atoms with Crippen molar-refractivity contribution < 1.29 is 6.21 Å². The molecule has 2 aromatic heterocycles. The zero-order valence-electron chi connectivity index (χ0n) is 17.2. The van der Waals surface area contributed by atoms with E-state index in [1.807, 2.05) is 24.3 Å². The van der Waals surface area contributed by atoms with Crippen LogP contribution in [0.25, 0.3) is 21.8 Å². The van der Waals surface area contributed by atoms with E-state index in [1.54, 1.807) is 18.3 Å². The van der Waals surface area contributed by atoms with Crippen molar-refractivity contribution in [3.8, 4) is 0 Å². The zero-order chi connectivity index (χ0) is 20.5. The Bertz CT molecular complexity index is 1190. The summed E-state index contributed by atoms with van der Waals surface area (Å²) in [4.78, 5) is 16.3. The maximum absolute atomic E-state index is 12.8. The van der Waals surface area contributed by atoms with Gasteiger partial charge in [-0.25, -0.2) is 0 Å². The highest BCUT2D eigenvalue weighted by molar-refractivity contribution is 6.06. The Balaban J connectivity index is 1.27. The lowest BCUT2D eigenvalue weighted by molar-refractivity contribution is 0.0952. The number of nitrogens with zero attached hydrogens (tertiary/aromatic N) is 1. The number of benzene rings is 2. The van der Waals surface area contributed by atoms with Gasteiger partial charge in [-0.05, 0) is 60.5 Å². The summed E-state index contributed by atoms with van der Waals surface area (Å²) < 4.78 is 8.28. The molecule has 0 atom stereocenters. The molecule has 6 heteroatoms. The van der Waals surface area contributed by atoms with E-state index in [4.69, 9.17) is 1.41 Å². The zero-order valence-corrected chi connectivity index (χ0v) is 16.2. The van der Waals surface area contributed by atoms with Crippen LogP contribution in [0, 0.1) is 5.92 Å². The molecule has 1 amide bonds. The van der Waals surface area contributed by atoms with Gasteiger partial charge in [0.1, 0.15) is 0 Å². The third kappa shape index (κ3) is 3.76. The van der Waals surface area contributed by atoms with Gasteiger partial charge in [0, 0.05) is 29.7 Å². The van der Waals surface area contributed by atoms with Crippen LogP contribution < -0.4 is 10.6 Å². The molecule has 1 aliphatic rings. The van der Waals surface area contributed by atoms with Crippen LogP contribution in [-0.4, -0.2) is 27.6 Å². The van der Waals surface area contributed by atoms with Crippen molar-refractivity contribution in [2.24, 2.45) is 5.92 Å². The fourth-order valence-corrected chi connectivity index (χ4v) is 3.94. The first-order valence-electron chi connectivity index (χ1n) is 10.7. The van der Waals surface area contributed by atoms with Gasteiger partial charge >= 0.3 is 0 Å².